The van der Waals surface area contributed by atoms with Gasteiger partial charge in [0.05, 0.1) is 6.54 Å². The van der Waals surface area contributed by atoms with E-state index in [0.717, 1.165) is 19.6 Å². The average Bonchev–Trinajstić information content (AvgIpc) is 2.62. The molecule has 0 unspecified atom stereocenters. The third kappa shape index (κ3) is 0.670. The molecule has 0 fully saturated rings. The maximum absolute atomic E-state index is 4.48. The van der Waals surface area contributed by atoms with Crippen molar-refractivity contribution in [1.29, 1.82) is 0 Å². The molecule has 0 bridgehead atoms. The van der Waals surface area contributed by atoms with Crippen molar-refractivity contribution in [1.82, 2.24) is 4.90 Å². The van der Waals surface area contributed by atoms with Gasteiger partial charge in [-0.25, -0.2) is 0 Å². The van der Waals surface area contributed by atoms with E-state index in [2.05, 4.69) is 34.2 Å². The first-order chi connectivity index (χ1) is 5.95. The minimum absolute atomic E-state index is 0.976. The molecule has 0 aliphatic carbocycles. The molecule has 2 heterocycles. The van der Waals surface area contributed by atoms with E-state index in [-0.39, 0.29) is 0 Å². The van der Waals surface area contributed by atoms with Gasteiger partial charge >= 0.3 is 0 Å². The number of aliphatic imine (C=N–C) groups is 1. The summed E-state index contributed by atoms with van der Waals surface area (Å²) in [6.07, 6.45) is 0. The third-order valence-corrected chi connectivity index (χ3v) is 2.55. The van der Waals surface area contributed by atoms with Crippen LogP contribution >= 0.6 is 0 Å². The van der Waals surface area contributed by atoms with Crippen LogP contribution in [-0.4, -0.2) is 23.8 Å². The lowest BCUT2D eigenvalue weighted by Crippen LogP contribution is -2.20. The first kappa shape index (κ1) is 6.23. The van der Waals surface area contributed by atoms with Crippen molar-refractivity contribution in [2.24, 2.45) is 4.99 Å². The number of hydrogen-bond acceptors (Lipinski definition) is 2. The van der Waals surface area contributed by atoms with Crippen molar-refractivity contribution in [2.45, 2.75) is 6.54 Å². The molecule has 0 N–H and O–H groups in total. The van der Waals surface area contributed by atoms with E-state index in [4.69, 9.17) is 0 Å². The van der Waals surface area contributed by atoms with E-state index in [1.807, 2.05) is 0 Å². The summed E-state index contributed by atoms with van der Waals surface area (Å²) < 4.78 is 0. The van der Waals surface area contributed by atoms with Crippen LogP contribution < -0.4 is 0 Å². The van der Waals surface area contributed by atoms with Gasteiger partial charge in [0.1, 0.15) is 5.84 Å². The Bertz CT molecular complexity index is 355. The Balaban J connectivity index is 2.20. The lowest BCUT2D eigenvalue weighted by molar-refractivity contribution is 0.470. The molecule has 1 aromatic rings. The molecule has 0 amide bonds. The Labute approximate surface area is 71.5 Å². The molecule has 1 aromatic carbocycles. The fourth-order valence-electron chi connectivity index (χ4n) is 1.97. The van der Waals surface area contributed by atoms with Crippen LogP contribution in [0.2, 0.25) is 0 Å². The number of nitrogens with zero attached hydrogens (tertiary/aromatic N) is 2. The summed E-state index contributed by atoms with van der Waals surface area (Å²) in [5.41, 5.74) is 2.77. The lowest BCUT2D eigenvalue weighted by atomic mass is 10.1. The van der Waals surface area contributed by atoms with E-state index in [9.17, 15) is 0 Å². The predicted molar refractivity (Wildman–Crippen MR) is 48.3 cm³/mol. The van der Waals surface area contributed by atoms with Gasteiger partial charge in [-0.15, -0.1) is 0 Å². The topological polar surface area (TPSA) is 15.6 Å². The summed E-state index contributed by atoms with van der Waals surface area (Å²) in [6, 6.07) is 8.54. The summed E-state index contributed by atoms with van der Waals surface area (Å²) in [5.74, 6) is 1.21. The maximum Gasteiger partial charge on any atom is 0.131 e. The molecule has 12 heavy (non-hydrogen) atoms. The summed E-state index contributed by atoms with van der Waals surface area (Å²) in [4.78, 5) is 6.83. The van der Waals surface area contributed by atoms with Gasteiger partial charge in [0.15, 0.2) is 0 Å². The van der Waals surface area contributed by atoms with Crippen LogP contribution in [-0.2, 0) is 6.54 Å². The van der Waals surface area contributed by atoms with Gasteiger partial charge in [-0.1, -0.05) is 24.3 Å². The Hall–Kier alpha value is -1.31. The van der Waals surface area contributed by atoms with Crippen LogP contribution in [0.25, 0.3) is 0 Å². The number of fused-ring (bicyclic) bond motifs is 3. The first-order valence-electron chi connectivity index (χ1n) is 4.33. The quantitative estimate of drug-likeness (QED) is 0.555. The predicted octanol–water partition coefficient (Wildman–Crippen LogP) is 1.26. The smallest absolute Gasteiger partial charge is 0.131 e. The monoisotopic (exact) mass is 158 g/mol. The highest BCUT2D eigenvalue weighted by Gasteiger charge is 2.27. The normalized spacial score (nSPS) is 19.0. The van der Waals surface area contributed by atoms with Gasteiger partial charge in [-0.2, -0.15) is 0 Å². The zero-order valence-electron chi connectivity index (χ0n) is 6.83. The maximum atomic E-state index is 4.48. The number of amidine groups is 1. The number of rotatable bonds is 0. The van der Waals surface area contributed by atoms with Gasteiger partial charge < -0.3 is 4.90 Å². The SMILES string of the molecule is c1ccc2c(c1)CN1CCN=C21. The van der Waals surface area contributed by atoms with Crippen molar-refractivity contribution in [3.63, 3.8) is 0 Å². The minimum Gasteiger partial charge on any atom is -0.350 e. The zero-order valence-corrected chi connectivity index (χ0v) is 6.83. The van der Waals surface area contributed by atoms with E-state index < -0.39 is 0 Å². The summed E-state index contributed by atoms with van der Waals surface area (Å²) >= 11 is 0. The molecule has 0 saturated heterocycles. The van der Waals surface area contributed by atoms with Gasteiger partial charge in [-0.3, -0.25) is 4.99 Å². The van der Waals surface area contributed by atoms with Gasteiger partial charge in [0, 0.05) is 18.7 Å². The largest absolute Gasteiger partial charge is 0.350 e. The summed E-state index contributed by atoms with van der Waals surface area (Å²) in [7, 11) is 0. The molecule has 2 aliphatic rings. The lowest BCUT2D eigenvalue weighted by Gasteiger charge is -2.09. The van der Waals surface area contributed by atoms with E-state index in [0.29, 0.717) is 0 Å². The standard InChI is InChI=1S/C10H10N2/c1-2-4-9-8(3-1)7-12-6-5-11-10(9)12/h1-4H,5-7H2. The average molecular weight is 158 g/mol. The highest BCUT2D eigenvalue weighted by atomic mass is 15.3. The molecule has 3 rings (SSSR count). The van der Waals surface area contributed by atoms with Gasteiger partial charge in [0.2, 0.25) is 0 Å². The van der Waals surface area contributed by atoms with Crippen LogP contribution in [0, 0.1) is 0 Å². The van der Waals surface area contributed by atoms with Crippen LogP contribution in [0.1, 0.15) is 11.1 Å². The first-order valence-corrected chi connectivity index (χ1v) is 4.33. The van der Waals surface area contributed by atoms with Gasteiger partial charge in [0.25, 0.3) is 0 Å². The van der Waals surface area contributed by atoms with E-state index in [1.165, 1.54) is 17.0 Å². The number of benzene rings is 1. The van der Waals surface area contributed by atoms with Crippen LogP contribution in [0.5, 0.6) is 0 Å². The highest BCUT2D eigenvalue weighted by molar-refractivity contribution is 6.03. The van der Waals surface area contributed by atoms with E-state index in [1.54, 1.807) is 0 Å². The Morgan fingerprint density at radius 1 is 1.25 bits per heavy atom. The minimum atomic E-state index is 0.976. The van der Waals surface area contributed by atoms with Gasteiger partial charge in [-0.05, 0) is 5.56 Å². The zero-order chi connectivity index (χ0) is 7.97. The second kappa shape index (κ2) is 2.09. The molecule has 0 saturated carbocycles. The molecule has 0 radical (unpaired) electrons. The Morgan fingerprint density at radius 2 is 2.17 bits per heavy atom. The Morgan fingerprint density at radius 3 is 3.17 bits per heavy atom. The fraction of sp³-hybridized carbons (Fsp3) is 0.300. The molecular formula is C10H10N2. The fourth-order valence-corrected chi connectivity index (χ4v) is 1.97. The molecular weight excluding hydrogens is 148 g/mol. The van der Waals surface area contributed by atoms with Crippen LogP contribution in [0.15, 0.2) is 29.3 Å². The summed E-state index contributed by atoms with van der Waals surface area (Å²) in [5, 5.41) is 0. The molecule has 0 aromatic heterocycles. The van der Waals surface area contributed by atoms with Crippen molar-refractivity contribution in [3.8, 4) is 0 Å². The summed E-state index contributed by atoms with van der Waals surface area (Å²) in [6.45, 7) is 3.14. The molecule has 2 aliphatic heterocycles. The molecule has 0 spiro atoms. The number of hydrogen-bond donors (Lipinski definition) is 0. The second-order valence-electron chi connectivity index (χ2n) is 3.28. The highest BCUT2D eigenvalue weighted by Crippen LogP contribution is 2.25. The Kier molecular flexibility index (Phi) is 1.09. The third-order valence-electron chi connectivity index (χ3n) is 2.55. The van der Waals surface area contributed by atoms with E-state index >= 15 is 0 Å². The molecule has 2 heteroatoms. The molecule has 0 atom stereocenters. The van der Waals surface area contributed by atoms with Crippen LogP contribution in [0.3, 0.4) is 0 Å². The van der Waals surface area contributed by atoms with Crippen molar-refractivity contribution < 1.29 is 0 Å². The van der Waals surface area contributed by atoms with Crippen molar-refractivity contribution in [3.05, 3.63) is 35.4 Å². The van der Waals surface area contributed by atoms with Crippen LogP contribution in [0.4, 0.5) is 0 Å². The molecule has 2 nitrogen and oxygen atoms in total. The van der Waals surface area contributed by atoms with Crippen molar-refractivity contribution in [2.75, 3.05) is 13.1 Å². The molecule has 60 valence electrons. The van der Waals surface area contributed by atoms with Crippen molar-refractivity contribution >= 4 is 5.84 Å². The second-order valence-corrected chi connectivity index (χ2v) is 3.28.